The zero-order chi connectivity index (χ0) is 22.0. The normalized spacial score (nSPS) is 11.9. The van der Waals surface area contributed by atoms with Gasteiger partial charge in [0.2, 0.25) is 5.91 Å². The summed E-state index contributed by atoms with van der Waals surface area (Å²) in [6, 6.07) is 12.6. The Morgan fingerprint density at radius 2 is 1.97 bits per heavy atom. The maximum atomic E-state index is 12.8. The summed E-state index contributed by atoms with van der Waals surface area (Å²) in [6.07, 6.45) is 2.16. The zero-order valence-electron chi connectivity index (χ0n) is 16.8. The summed E-state index contributed by atoms with van der Waals surface area (Å²) < 4.78 is 0. The fourth-order valence-corrected chi connectivity index (χ4v) is 4.98. The van der Waals surface area contributed by atoms with E-state index in [9.17, 15) is 14.7 Å². The molecule has 0 spiro atoms. The molecule has 1 atom stereocenters. The van der Waals surface area contributed by atoms with Crippen molar-refractivity contribution < 1.29 is 14.7 Å². The number of thioether (sulfide) groups is 1. The second kappa shape index (κ2) is 8.87. The van der Waals surface area contributed by atoms with Crippen LogP contribution in [0.25, 0.3) is 21.3 Å². The van der Waals surface area contributed by atoms with Gasteiger partial charge in [0.1, 0.15) is 28.2 Å². The van der Waals surface area contributed by atoms with Crippen LogP contribution in [0.2, 0.25) is 0 Å². The van der Waals surface area contributed by atoms with Gasteiger partial charge in [0.05, 0.1) is 16.3 Å². The number of rotatable bonds is 6. The van der Waals surface area contributed by atoms with Crippen LogP contribution in [0, 0.1) is 6.92 Å². The van der Waals surface area contributed by atoms with Gasteiger partial charge < -0.3 is 10.4 Å². The smallest absolute Gasteiger partial charge is 0.237 e. The highest BCUT2D eigenvalue weighted by Crippen LogP contribution is 2.39. The van der Waals surface area contributed by atoms with Crippen molar-refractivity contribution in [1.29, 1.82) is 0 Å². The molecule has 0 bridgehead atoms. The number of anilines is 1. The third-order valence-electron chi connectivity index (χ3n) is 4.77. The Labute approximate surface area is 187 Å². The summed E-state index contributed by atoms with van der Waals surface area (Å²) in [6.45, 7) is 3.81. The predicted octanol–water partition coefficient (Wildman–Crippen LogP) is 5.30. The number of carbonyl (C=O) groups is 2. The lowest BCUT2D eigenvalue weighted by molar-refractivity contribution is -0.115. The van der Waals surface area contributed by atoms with Crippen molar-refractivity contribution in [3.63, 3.8) is 0 Å². The highest BCUT2D eigenvalue weighted by molar-refractivity contribution is 8.00. The largest absolute Gasteiger partial charge is 0.506 e. The van der Waals surface area contributed by atoms with Gasteiger partial charge in [0.15, 0.2) is 0 Å². The Morgan fingerprint density at radius 3 is 2.71 bits per heavy atom. The van der Waals surface area contributed by atoms with Crippen LogP contribution in [0.4, 0.5) is 5.69 Å². The van der Waals surface area contributed by atoms with E-state index in [4.69, 9.17) is 0 Å². The van der Waals surface area contributed by atoms with E-state index in [1.807, 2.05) is 6.92 Å². The lowest BCUT2D eigenvalue weighted by atomic mass is 10.1. The van der Waals surface area contributed by atoms with Crippen LogP contribution >= 0.6 is 23.1 Å². The zero-order valence-corrected chi connectivity index (χ0v) is 18.5. The first kappa shape index (κ1) is 21.0. The number of hydrogen-bond donors (Lipinski definition) is 2. The van der Waals surface area contributed by atoms with E-state index in [1.165, 1.54) is 41.9 Å². The molecule has 2 N–H and O–H groups in total. The Hall–Kier alpha value is -3.23. The summed E-state index contributed by atoms with van der Waals surface area (Å²) in [5.41, 5.74) is 3.85. The maximum absolute atomic E-state index is 12.8. The third-order valence-corrected chi connectivity index (χ3v) is 6.76. The molecule has 4 aromatic rings. The SMILES string of the molecule is Cc1ccc(-c2csc3ncnc(SC(C)C(=O)Nc4cc(C=O)ccc4O)c23)cc1. The first-order valence-corrected chi connectivity index (χ1v) is 11.3. The number of aldehydes is 1. The van der Waals surface area contributed by atoms with Crippen LogP contribution < -0.4 is 5.32 Å². The van der Waals surface area contributed by atoms with Crippen molar-refractivity contribution in [3.05, 3.63) is 65.3 Å². The number of aromatic nitrogens is 2. The number of nitrogens with one attached hydrogen (secondary N) is 1. The molecule has 4 rings (SSSR count). The number of phenols is 1. The topological polar surface area (TPSA) is 92.2 Å². The number of phenolic OH excluding ortho intramolecular Hbond substituents is 1. The molecule has 2 heterocycles. The molecule has 31 heavy (non-hydrogen) atoms. The van der Waals surface area contributed by atoms with Crippen LogP contribution in [0.1, 0.15) is 22.8 Å². The van der Waals surface area contributed by atoms with Gasteiger partial charge >= 0.3 is 0 Å². The van der Waals surface area contributed by atoms with Crippen LogP contribution in [-0.2, 0) is 4.79 Å². The van der Waals surface area contributed by atoms with Crippen molar-refractivity contribution in [2.75, 3.05) is 5.32 Å². The fraction of sp³-hybridized carbons (Fsp3) is 0.130. The summed E-state index contributed by atoms with van der Waals surface area (Å²) in [7, 11) is 0. The van der Waals surface area contributed by atoms with Crippen LogP contribution in [0.3, 0.4) is 0 Å². The average Bonchev–Trinajstić information content (AvgIpc) is 3.21. The quantitative estimate of drug-likeness (QED) is 0.179. The van der Waals surface area contributed by atoms with E-state index in [-0.39, 0.29) is 17.3 Å². The standard InChI is InChI=1S/C23H19N3O3S2/c1-13-3-6-16(7-4-13)17-11-30-22-20(17)23(25-12-24-22)31-14(2)21(29)26-18-9-15(10-27)5-8-19(18)28/h3-12,14,28H,1-2H3,(H,26,29). The van der Waals surface area contributed by atoms with Gasteiger partial charge in [-0.1, -0.05) is 41.6 Å². The molecule has 0 saturated heterocycles. The molecule has 0 fully saturated rings. The first-order valence-electron chi connectivity index (χ1n) is 9.51. The van der Waals surface area contributed by atoms with Gasteiger partial charge in [-0.3, -0.25) is 9.59 Å². The Kier molecular flexibility index (Phi) is 6.01. The molecule has 1 amide bonds. The summed E-state index contributed by atoms with van der Waals surface area (Å²) in [4.78, 5) is 33.4. The number of amides is 1. The second-order valence-corrected chi connectivity index (χ2v) is 9.21. The van der Waals surface area contributed by atoms with Crippen LogP contribution in [0.15, 0.2) is 59.2 Å². The van der Waals surface area contributed by atoms with Gasteiger partial charge in [-0.15, -0.1) is 11.3 Å². The van der Waals surface area contributed by atoms with Gasteiger partial charge in [-0.05, 0) is 37.6 Å². The molecule has 0 aliphatic rings. The average molecular weight is 450 g/mol. The minimum absolute atomic E-state index is 0.0972. The highest BCUT2D eigenvalue weighted by atomic mass is 32.2. The van der Waals surface area contributed by atoms with E-state index in [2.05, 4.69) is 44.9 Å². The molecule has 8 heteroatoms. The molecule has 2 aromatic heterocycles. The number of carbonyl (C=O) groups excluding carboxylic acids is 2. The summed E-state index contributed by atoms with van der Waals surface area (Å²) in [5.74, 6) is -0.401. The number of benzene rings is 2. The molecule has 0 radical (unpaired) electrons. The highest BCUT2D eigenvalue weighted by Gasteiger charge is 2.21. The Morgan fingerprint density at radius 1 is 1.19 bits per heavy atom. The lowest BCUT2D eigenvalue weighted by Gasteiger charge is -2.13. The number of aromatic hydroxyl groups is 1. The number of aryl methyl sites for hydroxylation is 1. The van der Waals surface area contributed by atoms with E-state index in [0.717, 1.165) is 26.4 Å². The van der Waals surface area contributed by atoms with Crippen molar-refractivity contribution >= 4 is 51.2 Å². The Balaban J connectivity index is 1.61. The van der Waals surface area contributed by atoms with E-state index in [0.29, 0.717) is 11.8 Å². The van der Waals surface area contributed by atoms with Crippen molar-refractivity contribution in [2.24, 2.45) is 0 Å². The monoisotopic (exact) mass is 449 g/mol. The van der Waals surface area contributed by atoms with Gasteiger partial charge in [-0.2, -0.15) is 0 Å². The maximum Gasteiger partial charge on any atom is 0.237 e. The molecule has 6 nitrogen and oxygen atoms in total. The molecule has 2 aromatic carbocycles. The minimum Gasteiger partial charge on any atom is -0.506 e. The van der Waals surface area contributed by atoms with Crippen molar-refractivity contribution in [2.45, 2.75) is 24.1 Å². The van der Waals surface area contributed by atoms with E-state index < -0.39 is 5.25 Å². The third kappa shape index (κ3) is 4.45. The summed E-state index contributed by atoms with van der Waals surface area (Å²) in [5, 5.41) is 15.9. The van der Waals surface area contributed by atoms with Crippen molar-refractivity contribution in [1.82, 2.24) is 9.97 Å². The first-order chi connectivity index (χ1) is 15.0. The number of thiophene rings is 1. The Bertz CT molecular complexity index is 1270. The molecule has 0 aliphatic heterocycles. The molecule has 0 saturated carbocycles. The predicted molar refractivity (Wildman–Crippen MR) is 125 cm³/mol. The molecular formula is C23H19N3O3S2. The van der Waals surface area contributed by atoms with Gasteiger partial charge in [0, 0.05) is 16.5 Å². The second-order valence-electron chi connectivity index (χ2n) is 7.02. The van der Waals surface area contributed by atoms with Crippen LogP contribution in [0.5, 0.6) is 5.75 Å². The van der Waals surface area contributed by atoms with Gasteiger partial charge in [-0.25, -0.2) is 9.97 Å². The molecule has 1 unspecified atom stereocenters. The lowest BCUT2D eigenvalue weighted by Crippen LogP contribution is -2.22. The molecule has 156 valence electrons. The summed E-state index contributed by atoms with van der Waals surface area (Å²) >= 11 is 2.87. The van der Waals surface area contributed by atoms with E-state index in [1.54, 1.807) is 18.3 Å². The van der Waals surface area contributed by atoms with Crippen molar-refractivity contribution in [3.8, 4) is 16.9 Å². The number of nitrogens with zero attached hydrogens (tertiary/aromatic N) is 2. The fourth-order valence-electron chi connectivity index (χ4n) is 3.07. The van der Waals surface area contributed by atoms with E-state index >= 15 is 0 Å². The molecular weight excluding hydrogens is 430 g/mol. The molecule has 0 aliphatic carbocycles. The van der Waals surface area contributed by atoms with Gasteiger partial charge in [0.25, 0.3) is 0 Å². The van der Waals surface area contributed by atoms with Crippen LogP contribution in [-0.4, -0.2) is 32.5 Å². The number of fused-ring (bicyclic) bond motifs is 1. The number of hydrogen-bond acceptors (Lipinski definition) is 7. The minimum atomic E-state index is -0.497.